The zero-order chi connectivity index (χ0) is 15.6. The average Bonchev–Trinajstić information content (AvgIpc) is 3.02. The fraction of sp³-hybridized carbons (Fsp3) is 0. The van der Waals surface area contributed by atoms with Crippen LogP contribution in [0.4, 0.5) is 5.69 Å². The highest BCUT2D eigenvalue weighted by Crippen LogP contribution is 2.24. The Morgan fingerprint density at radius 1 is 1.09 bits per heavy atom. The van der Waals surface area contributed by atoms with Gasteiger partial charge in [0, 0.05) is 14.8 Å². The minimum absolute atomic E-state index is 0.220. The molecule has 22 heavy (non-hydrogen) atoms. The molecule has 2 aromatic carbocycles. The van der Waals surface area contributed by atoms with Crippen molar-refractivity contribution < 1.29 is 12.8 Å². The summed E-state index contributed by atoms with van der Waals surface area (Å²) in [7, 11) is -3.62. The van der Waals surface area contributed by atoms with Crippen molar-refractivity contribution >= 4 is 38.3 Å². The second kappa shape index (κ2) is 6.09. The Labute approximate surface area is 141 Å². The number of benzene rings is 2. The molecule has 0 saturated heterocycles. The first-order valence-corrected chi connectivity index (χ1v) is 8.88. The number of nitrogens with zero attached hydrogens (tertiary/aromatic N) is 1. The van der Waals surface area contributed by atoms with Gasteiger partial charge in [-0.1, -0.05) is 12.1 Å². The Balaban J connectivity index is 1.89. The Bertz CT molecular complexity index is 875. The number of aromatic nitrogens is 1. The van der Waals surface area contributed by atoms with E-state index in [9.17, 15) is 8.42 Å². The Morgan fingerprint density at radius 2 is 1.86 bits per heavy atom. The summed E-state index contributed by atoms with van der Waals surface area (Å²) in [5, 5.41) is 0. The molecule has 3 rings (SSSR count). The van der Waals surface area contributed by atoms with Crippen LogP contribution in [0.25, 0.3) is 11.3 Å². The summed E-state index contributed by atoms with van der Waals surface area (Å²) in [6.45, 7) is 0. The third-order valence-corrected chi connectivity index (χ3v) is 5.07. The molecule has 0 radical (unpaired) electrons. The summed E-state index contributed by atoms with van der Waals surface area (Å²) in [5.74, 6) is 0.579. The number of sulfonamides is 1. The van der Waals surface area contributed by atoms with Crippen LogP contribution in [-0.4, -0.2) is 13.4 Å². The standard InChI is InChI=1S/C15H11IN2O3S/c16-12-4-6-14(7-5-12)22(19,20)18-13-3-1-2-11(8-13)15-9-17-10-21-15/h1-10,18H. The van der Waals surface area contributed by atoms with Crippen molar-refractivity contribution in [2.45, 2.75) is 4.90 Å². The van der Waals surface area contributed by atoms with Crippen molar-refractivity contribution in [2.75, 3.05) is 4.72 Å². The average molecular weight is 426 g/mol. The van der Waals surface area contributed by atoms with Gasteiger partial charge >= 0.3 is 0 Å². The lowest BCUT2D eigenvalue weighted by molar-refractivity contribution is 0.572. The first-order chi connectivity index (χ1) is 10.5. The van der Waals surface area contributed by atoms with Crippen LogP contribution in [0.5, 0.6) is 0 Å². The van der Waals surface area contributed by atoms with Gasteiger partial charge in [0.1, 0.15) is 0 Å². The van der Waals surface area contributed by atoms with Crippen molar-refractivity contribution in [3.63, 3.8) is 0 Å². The van der Waals surface area contributed by atoms with Gasteiger partial charge in [0.05, 0.1) is 11.1 Å². The van der Waals surface area contributed by atoms with Gasteiger partial charge in [-0.25, -0.2) is 13.4 Å². The minimum atomic E-state index is -3.62. The van der Waals surface area contributed by atoms with Gasteiger partial charge in [-0.2, -0.15) is 0 Å². The van der Waals surface area contributed by atoms with E-state index in [1.807, 2.05) is 6.07 Å². The van der Waals surface area contributed by atoms with Crippen molar-refractivity contribution in [2.24, 2.45) is 0 Å². The predicted octanol–water partition coefficient (Wildman–Crippen LogP) is 3.75. The molecule has 0 unspecified atom stereocenters. The van der Waals surface area contributed by atoms with Gasteiger partial charge in [-0.05, 0) is 59.0 Å². The fourth-order valence-electron chi connectivity index (χ4n) is 1.92. The van der Waals surface area contributed by atoms with Gasteiger partial charge in [0.15, 0.2) is 12.2 Å². The Hall–Kier alpha value is -1.87. The molecular weight excluding hydrogens is 415 g/mol. The normalized spacial score (nSPS) is 11.3. The van der Waals surface area contributed by atoms with E-state index >= 15 is 0 Å². The third-order valence-electron chi connectivity index (χ3n) is 2.96. The van der Waals surface area contributed by atoms with Crippen LogP contribution in [0.15, 0.2) is 70.4 Å². The van der Waals surface area contributed by atoms with Crippen LogP contribution < -0.4 is 4.72 Å². The molecule has 0 bridgehead atoms. The van der Waals surface area contributed by atoms with Crippen LogP contribution in [-0.2, 0) is 10.0 Å². The maximum absolute atomic E-state index is 12.4. The first kappa shape index (κ1) is 15.0. The molecule has 1 aromatic heterocycles. The number of oxazole rings is 1. The third kappa shape index (κ3) is 3.30. The monoisotopic (exact) mass is 426 g/mol. The summed E-state index contributed by atoms with van der Waals surface area (Å²) >= 11 is 2.13. The lowest BCUT2D eigenvalue weighted by atomic mass is 10.2. The van der Waals surface area contributed by atoms with Crippen molar-refractivity contribution in [1.29, 1.82) is 0 Å². The van der Waals surface area contributed by atoms with E-state index in [0.29, 0.717) is 11.4 Å². The van der Waals surface area contributed by atoms with E-state index in [1.54, 1.807) is 48.7 Å². The molecule has 0 fully saturated rings. The SMILES string of the molecule is O=S(=O)(Nc1cccc(-c2cnco2)c1)c1ccc(I)cc1. The molecule has 5 nitrogen and oxygen atoms in total. The number of hydrogen-bond acceptors (Lipinski definition) is 4. The van der Waals surface area contributed by atoms with E-state index in [1.165, 1.54) is 6.39 Å². The molecule has 0 spiro atoms. The van der Waals surface area contributed by atoms with Crippen LogP contribution in [0, 0.1) is 3.57 Å². The van der Waals surface area contributed by atoms with E-state index < -0.39 is 10.0 Å². The molecule has 1 heterocycles. The van der Waals surface area contributed by atoms with E-state index in [2.05, 4.69) is 32.3 Å². The number of anilines is 1. The predicted molar refractivity (Wildman–Crippen MR) is 91.9 cm³/mol. The number of nitrogens with one attached hydrogen (secondary N) is 1. The Kier molecular flexibility index (Phi) is 4.16. The maximum Gasteiger partial charge on any atom is 0.261 e. The molecule has 0 aliphatic carbocycles. The smallest absolute Gasteiger partial charge is 0.261 e. The van der Waals surface area contributed by atoms with Gasteiger partial charge in [0.25, 0.3) is 10.0 Å². The second-order valence-corrected chi connectivity index (χ2v) is 7.43. The molecule has 112 valence electrons. The van der Waals surface area contributed by atoms with Crippen molar-refractivity contribution in [1.82, 2.24) is 4.98 Å². The van der Waals surface area contributed by atoms with E-state index in [4.69, 9.17) is 4.42 Å². The number of rotatable bonds is 4. The summed E-state index contributed by atoms with van der Waals surface area (Å²) in [6.07, 6.45) is 2.91. The summed E-state index contributed by atoms with van der Waals surface area (Å²) in [6, 6.07) is 13.6. The van der Waals surface area contributed by atoms with Crippen molar-refractivity contribution in [3.05, 3.63) is 64.7 Å². The number of halogens is 1. The lowest BCUT2D eigenvalue weighted by Crippen LogP contribution is -2.12. The Morgan fingerprint density at radius 3 is 2.55 bits per heavy atom. The summed E-state index contributed by atoms with van der Waals surface area (Å²) in [4.78, 5) is 4.07. The van der Waals surface area contributed by atoms with Gasteiger partial charge < -0.3 is 4.42 Å². The maximum atomic E-state index is 12.4. The topological polar surface area (TPSA) is 72.2 Å². The minimum Gasteiger partial charge on any atom is -0.444 e. The zero-order valence-electron chi connectivity index (χ0n) is 11.2. The molecule has 0 aliphatic rings. The largest absolute Gasteiger partial charge is 0.444 e. The van der Waals surface area contributed by atoms with E-state index in [-0.39, 0.29) is 4.90 Å². The summed E-state index contributed by atoms with van der Waals surface area (Å²) < 4.78 is 33.5. The molecule has 0 atom stereocenters. The number of hydrogen-bond donors (Lipinski definition) is 1. The van der Waals surface area contributed by atoms with Gasteiger partial charge in [-0.15, -0.1) is 0 Å². The molecule has 0 aliphatic heterocycles. The second-order valence-electron chi connectivity index (χ2n) is 4.51. The molecule has 1 N–H and O–H groups in total. The summed E-state index contributed by atoms with van der Waals surface area (Å²) in [5.41, 5.74) is 1.22. The highest BCUT2D eigenvalue weighted by atomic mass is 127. The van der Waals surface area contributed by atoms with Crippen LogP contribution in [0.2, 0.25) is 0 Å². The molecular formula is C15H11IN2O3S. The quantitative estimate of drug-likeness (QED) is 0.646. The van der Waals surface area contributed by atoms with Crippen LogP contribution >= 0.6 is 22.6 Å². The molecule has 0 amide bonds. The highest BCUT2D eigenvalue weighted by molar-refractivity contribution is 14.1. The molecule has 0 saturated carbocycles. The van der Waals surface area contributed by atoms with Gasteiger partial charge in [0.2, 0.25) is 0 Å². The highest BCUT2D eigenvalue weighted by Gasteiger charge is 2.14. The first-order valence-electron chi connectivity index (χ1n) is 6.32. The van der Waals surface area contributed by atoms with Crippen LogP contribution in [0.3, 0.4) is 0 Å². The molecule has 7 heteroatoms. The molecule has 3 aromatic rings. The van der Waals surface area contributed by atoms with Crippen LogP contribution in [0.1, 0.15) is 0 Å². The van der Waals surface area contributed by atoms with Crippen molar-refractivity contribution in [3.8, 4) is 11.3 Å². The zero-order valence-corrected chi connectivity index (χ0v) is 14.2. The lowest BCUT2D eigenvalue weighted by Gasteiger charge is -2.09. The fourth-order valence-corrected chi connectivity index (χ4v) is 3.33. The van der Waals surface area contributed by atoms with E-state index in [0.717, 1.165) is 9.13 Å². The van der Waals surface area contributed by atoms with Gasteiger partial charge in [-0.3, -0.25) is 4.72 Å².